The first-order chi connectivity index (χ1) is 7.27. The SMILES string of the molecule is CC1C=CC(C(=O)C2C=CC=CC2)=CC1. The fraction of sp³-hybridized carbons (Fsp3) is 0.357. The highest BCUT2D eigenvalue weighted by Gasteiger charge is 2.19. The Kier molecular flexibility index (Phi) is 3.00. The van der Waals surface area contributed by atoms with Gasteiger partial charge in [-0.25, -0.2) is 0 Å². The van der Waals surface area contributed by atoms with Gasteiger partial charge in [0, 0.05) is 11.5 Å². The van der Waals surface area contributed by atoms with Crippen LogP contribution in [0.15, 0.2) is 48.1 Å². The van der Waals surface area contributed by atoms with Crippen LogP contribution in [0, 0.1) is 11.8 Å². The van der Waals surface area contributed by atoms with Crippen molar-refractivity contribution in [2.75, 3.05) is 0 Å². The molecule has 0 saturated heterocycles. The largest absolute Gasteiger partial charge is 0.294 e. The first kappa shape index (κ1) is 10.2. The molecule has 0 spiro atoms. The Balaban J connectivity index is 2.06. The molecule has 78 valence electrons. The van der Waals surface area contributed by atoms with Crippen LogP contribution in [-0.2, 0) is 4.79 Å². The molecule has 0 aromatic carbocycles. The van der Waals surface area contributed by atoms with Crippen LogP contribution in [0.1, 0.15) is 19.8 Å². The van der Waals surface area contributed by atoms with Gasteiger partial charge in [0.25, 0.3) is 0 Å². The highest BCUT2D eigenvalue weighted by molar-refractivity contribution is 6.01. The van der Waals surface area contributed by atoms with E-state index in [0.29, 0.717) is 5.92 Å². The number of hydrogen-bond acceptors (Lipinski definition) is 1. The summed E-state index contributed by atoms with van der Waals surface area (Å²) in [5, 5.41) is 0. The van der Waals surface area contributed by atoms with Crippen LogP contribution in [0.2, 0.25) is 0 Å². The van der Waals surface area contributed by atoms with Gasteiger partial charge in [0.2, 0.25) is 0 Å². The molecule has 0 saturated carbocycles. The monoisotopic (exact) mass is 200 g/mol. The van der Waals surface area contributed by atoms with Gasteiger partial charge in [-0.15, -0.1) is 0 Å². The van der Waals surface area contributed by atoms with Crippen LogP contribution >= 0.6 is 0 Å². The zero-order valence-corrected chi connectivity index (χ0v) is 9.02. The maximum Gasteiger partial charge on any atom is 0.169 e. The minimum absolute atomic E-state index is 0.0549. The lowest BCUT2D eigenvalue weighted by atomic mass is 9.88. The van der Waals surface area contributed by atoms with Crippen molar-refractivity contribution in [2.45, 2.75) is 19.8 Å². The predicted octanol–water partition coefficient (Wildman–Crippen LogP) is 3.21. The van der Waals surface area contributed by atoms with Crippen LogP contribution in [-0.4, -0.2) is 5.78 Å². The summed E-state index contributed by atoms with van der Waals surface area (Å²) in [7, 11) is 0. The quantitative estimate of drug-likeness (QED) is 0.669. The summed E-state index contributed by atoms with van der Waals surface area (Å²) >= 11 is 0. The molecule has 2 rings (SSSR count). The summed E-state index contributed by atoms with van der Waals surface area (Å²) in [6.45, 7) is 2.16. The van der Waals surface area contributed by atoms with Crippen LogP contribution in [0.5, 0.6) is 0 Å². The second kappa shape index (κ2) is 4.43. The van der Waals surface area contributed by atoms with Crippen LogP contribution in [0.4, 0.5) is 0 Å². The number of Topliss-reactive ketones (excluding diaryl/α,β-unsaturated/α-hetero) is 1. The van der Waals surface area contributed by atoms with Crippen molar-refractivity contribution in [3.63, 3.8) is 0 Å². The number of allylic oxidation sites excluding steroid dienone is 8. The molecule has 0 aromatic rings. The molecule has 0 N–H and O–H groups in total. The average Bonchev–Trinajstić information content (AvgIpc) is 2.30. The molecule has 1 heteroatoms. The van der Waals surface area contributed by atoms with Crippen LogP contribution in [0.25, 0.3) is 0 Å². The molecule has 0 heterocycles. The van der Waals surface area contributed by atoms with Crippen LogP contribution in [0.3, 0.4) is 0 Å². The third-order valence-electron chi connectivity index (χ3n) is 2.92. The Hall–Kier alpha value is -1.37. The summed E-state index contributed by atoms with van der Waals surface area (Å²) < 4.78 is 0. The van der Waals surface area contributed by atoms with Crippen molar-refractivity contribution in [3.8, 4) is 0 Å². The Morgan fingerprint density at radius 2 is 2.13 bits per heavy atom. The molecule has 1 nitrogen and oxygen atoms in total. The Morgan fingerprint density at radius 1 is 1.27 bits per heavy atom. The first-order valence-corrected chi connectivity index (χ1v) is 5.53. The molecule has 2 aliphatic rings. The van der Waals surface area contributed by atoms with E-state index in [0.717, 1.165) is 18.4 Å². The average molecular weight is 200 g/mol. The summed E-state index contributed by atoms with van der Waals surface area (Å²) in [6.07, 6.45) is 16.0. The van der Waals surface area contributed by atoms with E-state index < -0.39 is 0 Å². The van der Waals surface area contributed by atoms with Crippen molar-refractivity contribution in [2.24, 2.45) is 11.8 Å². The Bertz CT molecular complexity index is 369. The van der Waals surface area contributed by atoms with E-state index in [1.54, 1.807) is 0 Å². The summed E-state index contributed by atoms with van der Waals surface area (Å²) in [5.41, 5.74) is 0.887. The first-order valence-electron chi connectivity index (χ1n) is 5.53. The maximum absolute atomic E-state index is 12.1. The molecule has 0 aromatic heterocycles. The fourth-order valence-corrected chi connectivity index (χ4v) is 1.90. The van der Waals surface area contributed by atoms with E-state index in [1.165, 1.54) is 0 Å². The van der Waals surface area contributed by atoms with Gasteiger partial charge >= 0.3 is 0 Å². The van der Waals surface area contributed by atoms with Gasteiger partial charge < -0.3 is 0 Å². The normalized spacial score (nSPS) is 29.0. The zero-order valence-electron chi connectivity index (χ0n) is 9.02. The van der Waals surface area contributed by atoms with E-state index in [2.05, 4.69) is 25.2 Å². The predicted molar refractivity (Wildman–Crippen MR) is 62.4 cm³/mol. The second-order valence-corrected chi connectivity index (χ2v) is 4.25. The minimum Gasteiger partial charge on any atom is -0.294 e. The van der Waals surface area contributed by atoms with Gasteiger partial charge in [0.05, 0.1) is 0 Å². The summed E-state index contributed by atoms with van der Waals surface area (Å²) in [5.74, 6) is 0.890. The van der Waals surface area contributed by atoms with Crippen molar-refractivity contribution in [3.05, 3.63) is 48.1 Å². The molecule has 2 atom stereocenters. The van der Waals surface area contributed by atoms with Gasteiger partial charge in [-0.2, -0.15) is 0 Å². The zero-order chi connectivity index (χ0) is 10.7. The number of rotatable bonds is 2. The molecule has 0 amide bonds. The molecule has 15 heavy (non-hydrogen) atoms. The van der Waals surface area contributed by atoms with Gasteiger partial charge in [0.15, 0.2) is 5.78 Å². The van der Waals surface area contributed by atoms with Crippen molar-refractivity contribution >= 4 is 5.78 Å². The Labute approximate surface area is 90.9 Å². The van der Waals surface area contributed by atoms with Crippen molar-refractivity contribution in [1.29, 1.82) is 0 Å². The number of carbonyl (C=O) groups is 1. The molecule has 2 aliphatic carbocycles. The number of hydrogen-bond donors (Lipinski definition) is 0. The van der Waals surface area contributed by atoms with Gasteiger partial charge in [0.1, 0.15) is 0 Å². The van der Waals surface area contributed by atoms with Gasteiger partial charge in [-0.05, 0) is 18.8 Å². The van der Waals surface area contributed by atoms with Crippen molar-refractivity contribution < 1.29 is 4.79 Å². The fourth-order valence-electron chi connectivity index (χ4n) is 1.90. The third-order valence-corrected chi connectivity index (χ3v) is 2.92. The van der Waals surface area contributed by atoms with Crippen LogP contribution < -0.4 is 0 Å². The van der Waals surface area contributed by atoms with E-state index in [-0.39, 0.29) is 11.7 Å². The van der Waals surface area contributed by atoms with E-state index >= 15 is 0 Å². The van der Waals surface area contributed by atoms with E-state index in [4.69, 9.17) is 0 Å². The molecular formula is C14H16O. The third kappa shape index (κ3) is 2.35. The molecule has 2 unspecified atom stereocenters. The molecule has 0 radical (unpaired) electrons. The second-order valence-electron chi connectivity index (χ2n) is 4.25. The Morgan fingerprint density at radius 3 is 2.73 bits per heavy atom. The summed E-state index contributed by atoms with van der Waals surface area (Å²) in [6, 6.07) is 0. The lowest BCUT2D eigenvalue weighted by Crippen LogP contribution is -2.15. The van der Waals surface area contributed by atoms with E-state index in [1.807, 2.05) is 24.3 Å². The minimum atomic E-state index is 0.0549. The van der Waals surface area contributed by atoms with E-state index in [9.17, 15) is 4.79 Å². The van der Waals surface area contributed by atoms with Gasteiger partial charge in [-0.3, -0.25) is 4.79 Å². The molecule has 0 bridgehead atoms. The lowest BCUT2D eigenvalue weighted by Gasteiger charge is -2.15. The molecule has 0 fully saturated rings. The highest BCUT2D eigenvalue weighted by Crippen LogP contribution is 2.22. The topological polar surface area (TPSA) is 17.1 Å². The van der Waals surface area contributed by atoms with Gasteiger partial charge in [-0.1, -0.05) is 49.5 Å². The molecule has 0 aliphatic heterocycles. The maximum atomic E-state index is 12.1. The smallest absolute Gasteiger partial charge is 0.169 e. The number of carbonyl (C=O) groups excluding carboxylic acids is 1. The standard InChI is InChI=1S/C14H16O/c1-11-7-9-13(10-8-11)14(15)12-5-3-2-4-6-12/h2-5,7,9-12H,6,8H2,1H3. The molecular weight excluding hydrogens is 184 g/mol. The summed E-state index contributed by atoms with van der Waals surface area (Å²) in [4.78, 5) is 12.1. The highest BCUT2D eigenvalue weighted by atomic mass is 16.1. The number of ketones is 1. The van der Waals surface area contributed by atoms with Crippen molar-refractivity contribution in [1.82, 2.24) is 0 Å². The lowest BCUT2D eigenvalue weighted by molar-refractivity contribution is -0.117.